The maximum atomic E-state index is 12.4. The zero-order chi connectivity index (χ0) is 14.8. The van der Waals surface area contributed by atoms with E-state index >= 15 is 0 Å². The van der Waals surface area contributed by atoms with Crippen molar-refractivity contribution in [1.82, 2.24) is 14.1 Å². The van der Waals surface area contributed by atoms with Gasteiger partial charge >= 0.3 is 0 Å². The second-order valence-electron chi connectivity index (χ2n) is 4.43. The molecule has 0 amide bonds. The lowest BCUT2D eigenvalue weighted by molar-refractivity contribution is 0.269. The number of aliphatic hydroxyl groups excluding tert-OH is 1. The second-order valence-corrected chi connectivity index (χ2v) is 6.47. The van der Waals surface area contributed by atoms with Gasteiger partial charge in [-0.15, -0.1) is 0 Å². The van der Waals surface area contributed by atoms with Crippen LogP contribution in [-0.4, -0.2) is 41.3 Å². The van der Waals surface area contributed by atoms with E-state index in [4.69, 9.17) is 9.52 Å². The molecular formula is C12H17N3O4S. The van der Waals surface area contributed by atoms with E-state index in [9.17, 15) is 8.42 Å². The molecule has 0 unspecified atom stereocenters. The van der Waals surface area contributed by atoms with Crippen LogP contribution in [0, 0.1) is 6.92 Å². The molecule has 0 saturated heterocycles. The van der Waals surface area contributed by atoms with Crippen molar-refractivity contribution < 1.29 is 17.9 Å². The van der Waals surface area contributed by atoms with Gasteiger partial charge in [-0.3, -0.25) is 4.68 Å². The number of aliphatic hydroxyl groups is 1. The van der Waals surface area contributed by atoms with Crippen LogP contribution in [0.2, 0.25) is 0 Å². The number of aromatic nitrogens is 2. The van der Waals surface area contributed by atoms with E-state index in [2.05, 4.69) is 5.10 Å². The first kappa shape index (κ1) is 14.8. The predicted molar refractivity (Wildman–Crippen MR) is 71.4 cm³/mol. The van der Waals surface area contributed by atoms with Crippen molar-refractivity contribution >= 4 is 10.0 Å². The predicted octanol–water partition coefficient (Wildman–Crippen LogP) is 0.598. The molecule has 2 aromatic rings. The summed E-state index contributed by atoms with van der Waals surface area (Å²) in [4.78, 5) is 0.106. The van der Waals surface area contributed by atoms with Gasteiger partial charge < -0.3 is 9.52 Å². The van der Waals surface area contributed by atoms with Gasteiger partial charge in [-0.25, -0.2) is 8.42 Å². The van der Waals surface area contributed by atoms with E-state index in [0.29, 0.717) is 5.76 Å². The number of hydrogen-bond donors (Lipinski definition) is 1. The molecule has 2 aromatic heterocycles. The van der Waals surface area contributed by atoms with Gasteiger partial charge in [0.2, 0.25) is 10.0 Å². The Balaban J connectivity index is 2.18. The van der Waals surface area contributed by atoms with Gasteiger partial charge in [0.15, 0.2) is 0 Å². The van der Waals surface area contributed by atoms with Crippen molar-refractivity contribution in [1.29, 1.82) is 0 Å². The third-order valence-corrected chi connectivity index (χ3v) is 4.76. The summed E-state index contributed by atoms with van der Waals surface area (Å²) in [6.07, 6.45) is 4.22. The van der Waals surface area contributed by atoms with E-state index < -0.39 is 10.0 Å². The van der Waals surface area contributed by atoms with Gasteiger partial charge in [-0.05, 0) is 13.0 Å². The standard InChI is InChI=1S/C12H17N3O4S/c1-10-11(3-6-19-10)8-14(2)20(17,18)12-7-13-15(9-12)4-5-16/h3,6-7,9,16H,4-5,8H2,1-2H3. The highest BCUT2D eigenvalue weighted by Gasteiger charge is 2.23. The fourth-order valence-corrected chi connectivity index (χ4v) is 2.89. The Morgan fingerprint density at radius 1 is 1.50 bits per heavy atom. The molecule has 7 nitrogen and oxygen atoms in total. The van der Waals surface area contributed by atoms with Crippen molar-refractivity contribution in [2.24, 2.45) is 0 Å². The second kappa shape index (κ2) is 5.78. The lowest BCUT2D eigenvalue weighted by Crippen LogP contribution is -2.26. The summed E-state index contributed by atoms with van der Waals surface area (Å²) in [5.41, 5.74) is 0.818. The third-order valence-electron chi connectivity index (χ3n) is 3.01. The summed E-state index contributed by atoms with van der Waals surface area (Å²) in [6, 6.07) is 1.75. The number of nitrogens with zero attached hydrogens (tertiary/aromatic N) is 3. The molecule has 0 bridgehead atoms. The van der Waals surface area contributed by atoms with E-state index in [-0.39, 0.29) is 24.6 Å². The van der Waals surface area contributed by atoms with Crippen LogP contribution >= 0.6 is 0 Å². The minimum absolute atomic E-state index is 0.0920. The molecule has 0 fully saturated rings. The molecule has 0 aromatic carbocycles. The Kier molecular flexibility index (Phi) is 4.26. The molecule has 2 heterocycles. The number of aryl methyl sites for hydroxylation is 1. The maximum Gasteiger partial charge on any atom is 0.246 e. The van der Waals surface area contributed by atoms with Gasteiger partial charge in [-0.2, -0.15) is 9.40 Å². The minimum atomic E-state index is -3.60. The van der Waals surface area contributed by atoms with E-state index in [1.807, 2.05) is 0 Å². The molecule has 2 rings (SSSR count). The average molecular weight is 299 g/mol. The summed E-state index contributed by atoms with van der Waals surface area (Å²) in [5, 5.41) is 12.7. The van der Waals surface area contributed by atoms with Crippen LogP contribution in [0.1, 0.15) is 11.3 Å². The van der Waals surface area contributed by atoms with E-state index in [1.54, 1.807) is 13.0 Å². The molecule has 20 heavy (non-hydrogen) atoms. The number of sulfonamides is 1. The van der Waals surface area contributed by atoms with E-state index in [1.165, 1.54) is 34.7 Å². The van der Waals surface area contributed by atoms with Gasteiger partial charge in [0.1, 0.15) is 10.7 Å². The summed E-state index contributed by atoms with van der Waals surface area (Å²) in [5.74, 6) is 0.697. The lowest BCUT2D eigenvalue weighted by atomic mass is 10.3. The number of hydrogen-bond acceptors (Lipinski definition) is 5. The molecular weight excluding hydrogens is 282 g/mol. The Bertz CT molecular complexity index is 674. The Labute approximate surface area is 117 Å². The number of furan rings is 1. The minimum Gasteiger partial charge on any atom is -0.469 e. The van der Waals surface area contributed by atoms with Crippen molar-refractivity contribution in [3.63, 3.8) is 0 Å². The highest BCUT2D eigenvalue weighted by molar-refractivity contribution is 7.89. The van der Waals surface area contributed by atoms with Crippen molar-refractivity contribution in [2.45, 2.75) is 24.9 Å². The van der Waals surface area contributed by atoms with Crippen LogP contribution in [0.4, 0.5) is 0 Å². The third kappa shape index (κ3) is 2.92. The van der Waals surface area contributed by atoms with Gasteiger partial charge in [0.25, 0.3) is 0 Å². The molecule has 1 N–H and O–H groups in total. The lowest BCUT2D eigenvalue weighted by Gasteiger charge is -2.15. The topological polar surface area (TPSA) is 88.6 Å². The highest BCUT2D eigenvalue weighted by Crippen LogP contribution is 2.18. The summed E-state index contributed by atoms with van der Waals surface area (Å²) >= 11 is 0. The maximum absolute atomic E-state index is 12.4. The Morgan fingerprint density at radius 3 is 2.85 bits per heavy atom. The normalized spacial score (nSPS) is 12.2. The Morgan fingerprint density at radius 2 is 2.25 bits per heavy atom. The zero-order valence-corrected chi connectivity index (χ0v) is 12.2. The van der Waals surface area contributed by atoms with Crippen LogP contribution < -0.4 is 0 Å². The summed E-state index contributed by atoms with van der Waals surface area (Å²) in [7, 11) is -2.10. The molecule has 0 aliphatic carbocycles. The molecule has 0 aliphatic rings. The quantitative estimate of drug-likeness (QED) is 0.843. The first-order chi connectivity index (χ1) is 9.45. The monoisotopic (exact) mass is 299 g/mol. The molecule has 0 atom stereocenters. The summed E-state index contributed by atoms with van der Waals surface area (Å²) in [6.45, 7) is 2.19. The molecule has 0 spiro atoms. The average Bonchev–Trinajstić information content (AvgIpc) is 3.00. The smallest absolute Gasteiger partial charge is 0.246 e. The van der Waals surface area contributed by atoms with Gasteiger partial charge in [0, 0.05) is 25.4 Å². The van der Waals surface area contributed by atoms with Crippen LogP contribution in [0.15, 0.2) is 34.0 Å². The molecule has 0 aliphatic heterocycles. The number of rotatable bonds is 6. The molecule has 0 radical (unpaired) electrons. The van der Waals surface area contributed by atoms with Crippen LogP contribution in [0.5, 0.6) is 0 Å². The highest BCUT2D eigenvalue weighted by atomic mass is 32.2. The summed E-state index contributed by atoms with van der Waals surface area (Å²) < 4.78 is 32.5. The first-order valence-electron chi connectivity index (χ1n) is 6.08. The van der Waals surface area contributed by atoms with Crippen molar-refractivity contribution in [2.75, 3.05) is 13.7 Å². The van der Waals surface area contributed by atoms with Crippen molar-refractivity contribution in [3.05, 3.63) is 36.0 Å². The fourth-order valence-electron chi connectivity index (χ4n) is 1.78. The van der Waals surface area contributed by atoms with Crippen LogP contribution in [-0.2, 0) is 23.1 Å². The van der Waals surface area contributed by atoms with E-state index in [0.717, 1.165) is 5.56 Å². The molecule has 110 valence electrons. The van der Waals surface area contributed by atoms with Crippen LogP contribution in [0.3, 0.4) is 0 Å². The zero-order valence-electron chi connectivity index (χ0n) is 11.4. The van der Waals surface area contributed by atoms with Gasteiger partial charge in [-0.1, -0.05) is 0 Å². The Hall–Kier alpha value is -1.64. The largest absolute Gasteiger partial charge is 0.469 e. The first-order valence-corrected chi connectivity index (χ1v) is 7.52. The molecule has 0 saturated carbocycles. The fraction of sp³-hybridized carbons (Fsp3) is 0.417. The SMILES string of the molecule is Cc1occc1CN(C)S(=O)(=O)c1cnn(CCO)c1. The van der Waals surface area contributed by atoms with Gasteiger partial charge in [0.05, 0.1) is 25.6 Å². The van der Waals surface area contributed by atoms with Crippen LogP contribution in [0.25, 0.3) is 0 Å². The molecule has 8 heteroatoms. The van der Waals surface area contributed by atoms with Crippen molar-refractivity contribution in [3.8, 4) is 0 Å².